The Kier molecular flexibility index (Phi) is 4.47. The molecule has 0 spiro atoms. The third-order valence-corrected chi connectivity index (χ3v) is 2.63. The molecule has 2 rings (SSSR count). The maximum atomic E-state index is 11.5. The molecular weight excluding hydrogens is 292 g/mol. The predicted molar refractivity (Wildman–Crippen MR) is 79.4 cm³/mol. The lowest BCUT2D eigenvalue weighted by molar-refractivity contribution is 0.0523. The zero-order valence-corrected chi connectivity index (χ0v) is 12.9. The highest BCUT2D eigenvalue weighted by Crippen LogP contribution is 2.11. The first-order valence-corrected chi connectivity index (χ1v) is 6.83. The van der Waals surface area contributed by atoms with E-state index in [4.69, 9.17) is 16.3 Å². The summed E-state index contributed by atoms with van der Waals surface area (Å²) in [5.74, 6) is 0.655. The number of nitrogens with zero attached hydrogens (tertiary/aromatic N) is 3. The summed E-state index contributed by atoms with van der Waals surface area (Å²) in [5, 5.41) is 7.29. The number of rotatable bonds is 3. The van der Waals surface area contributed by atoms with E-state index in [2.05, 4.69) is 15.4 Å². The molecule has 2 heterocycles. The normalized spacial score (nSPS) is 11.2. The van der Waals surface area contributed by atoms with Crippen molar-refractivity contribution in [2.24, 2.45) is 0 Å². The van der Waals surface area contributed by atoms with Crippen molar-refractivity contribution in [1.29, 1.82) is 0 Å². The highest BCUT2D eigenvalue weighted by atomic mass is 35.5. The molecule has 0 aliphatic rings. The Balaban J connectivity index is 1.92. The summed E-state index contributed by atoms with van der Waals surface area (Å²) in [5.41, 5.74) is 0.355. The van der Waals surface area contributed by atoms with Gasteiger partial charge in [0.05, 0.1) is 17.4 Å². The Hall–Kier alpha value is -2.08. The number of alkyl carbamates (subject to hydrolysis) is 1. The van der Waals surface area contributed by atoms with Gasteiger partial charge in [0.15, 0.2) is 5.82 Å². The van der Waals surface area contributed by atoms with Crippen molar-refractivity contribution in [2.45, 2.75) is 32.9 Å². The zero-order chi connectivity index (χ0) is 15.5. The molecule has 0 saturated heterocycles. The third-order valence-electron chi connectivity index (χ3n) is 2.43. The number of hydrogen-bond acceptors (Lipinski definition) is 4. The quantitative estimate of drug-likeness (QED) is 0.946. The fraction of sp³-hybridized carbons (Fsp3) is 0.357. The Morgan fingerprint density at radius 3 is 2.67 bits per heavy atom. The second-order valence-electron chi connectivity index (χ2n) is 5.48. The van der Waals surface area contributed by atoms with Crippen LogP contribution in [-0.2, 0) is 11.3 Å². The number of aromatic nitrogens is 3. The van der Waals surface area contributed by atoms with E-state index < -0.39 is 11.7 Å². The fourth-order valence-electron chi connectivity index (χ4n) is 1.57. The molecule has 7 heteroatoms. The van der Waals surface area contributed by atoms with E-state index in [0.29, 0.717) is 17.4 Å². The van der Waals surface area contributed by atoms with Crippen LogP contribution in [0.25, 0.3) is 5.82 Å². The number of hydrogen-bond donors (Lipinski definition) is 1. The van der Waals surface area contributed by atoms with Crippen molar-refractivity contribution >= 4 is 17.7 Å². The van der Waals surface area contributed by atoms with Crippen LogP contribution in [0.4, 0.5) is 4.79 Å². The van der Waals surface area contributed by atoms with E-state index in [1.54, 1.807) is 29.3 Å². The number of ether oxygens (including phenoxy) is 1. The largest absolute Gasteiger partial charge is 0.444 e. The van der Waals surface area contributed by atoms with Gasteiger partial charge in [-0.25, -0.2) is 14.5 Å². The minimum Gasteiger partial charge on any atom is -0.444 e. The summed E-state index contributed by atoms with van der Waals surface area (Å²) >= 11 is 5.81. The second kappa shape index (κ2) is 6.13. The molecule has 6 nitrogen and oxygen atoms in total. The molecule has 0 radical (unpaired) electrons. The zero-order valence-electron chi connectivity index (χ0n) is 12.1. The summed E-state index contributed by atoms with van der Waals surface area (Å²) in [7, 11) is 0. The summed E-state index contributed by atoms with van der Waals surface area (Å²) in [6, 6.07) is 3.66. The van der Waals surface area contributed by atoms with Gasteiger partial charge in [0.2, 0.25) is 0 Å². The van der Waals surface area contributed by atoms with E-state index >= 15 is 0 Å². The van der Waals surface area contributed by atoms with Crippen LogP contribution in [0.15, 0.2) is 30.7 Å². The van der Waals surface area contributed by atoms with Gasteiger partial charge in [-0.1, -0.05) is 17.7 Å². The van der Waals surface area contributed by atoms with Crippen molar-refractivity contribution in [3.63, 3.8) is 0 Å². The fourth-order valence-corrected chi connectivity index (χ4v) is 1.71. The average molecular weight is 309 g/mol. The number of pyridine rings is 1. The minimum atomic E-state index is -0.508. The smallest absolute Gasteiger partial charge is 0.407 e. The summed E-state index contributed by atoms with van der Waals surface area (Å²) in [6.45, 7) is 5.80. The van der Waals surface area contributed by atoms with E-state index in [1.807, 2.05) is 26.8 Å². The van der Waals surface area contributed by atoms with Crippen LogP contribution in [-0.4, -0.2) is 26.5 Å². The lowest BCUT2D eigenvalue weighted by Gasteiger charge is -2.19. The highest BCUT2D eigenvalue weighted by Gasteiger charge is 2.15. The third kappa shape index (κ3) is 4.75. The van der Waals surface area contributed by atoms with Crippen LogP contribution < -0.4 is 5.32 Å². The molecule has 0 bridgehead atoms. The molecule has 0 fully saturated rings. The number of amides is 1. The predicted octanol–water partition coefficient (Wildman–Crippen LogP) is 2.95. The van der Waals surface area contributed by atoms with Crippen LogP contribution in [0.3, 0.4) is 0 Å². The Morgan fingerprint density at radius 2 is 2.14 bits per heavy atom. The van der Waals surface area contributed by atoms with Crippen molar-refractivity contribution in [2.75, 3.05) is 0 Å². The number of carbonyl (C=O) groups is 1. The monoisotopic (exact) mass is 308 g/mol. The molecule has 2 aromatic heterocycles. The number of nitrogens with one attached hydrogen (secondary N) is 1. The molecule has 1 N–H and O–H groups in total. The van der Waals surface area contributed by atoms with E-state index in [1.165, 1.54) is 0 Å². The summed E-state index contributed by atoms with van der Waals surface area (Å²) < 4.78 is 6.73. The maximum Gasteiger partial charge on any atom is 0.407 e. The Bertz CT molecular complexity index is 617. The molecule has 1 amide bonds. The first-order chi connectivity index (χ1) is 9.83. The van der Waals surface area contributed by atoms with Crippen LogP contribution in [0.1, 0.15) is 26.3 Å². The van der Waals surface area contributed by atoms with Gasteiger partial charge in [-0.3, -0.25) is 0 Å². The van der Waals surface area contributed by atoms with Crippen molar-refractivity contribution in [3.8, 4) is 5.82 Å². The second-order valence-corrected chi connectivity index (χ2v) is 5.92. The van der Waals surface area contributed by atoms with Crippen LogP contribution >= 0.6 is 11.6 Å². The number of halogens is 1. The molecule has 112 valence electrons. The van der Waals surface area contributed by atoms with Crippen LogP contribution in [0, 0.1) is 0 Å². The molecule has 0 aliphatic heterocycles. The molecule has 0 unspecified atom stereocenters. The van der Waals surface area contributed by atoms with Gasteiger partial charge in [0.25, 0.3) is 0 Å². The highest BCUT2D eigenvalue weighted by molar-refractivity contribution is 6.30. The molecule has 0 saturated carbocycles. The van der Waals surface area contributed by atoms with Crippen LogP contribution in [0.5, 0.6) is 0 Å². The Labute approximate surface area is 128 Å². The standard InChI is InChI=1S/C14H17ClN4O2/c1-14(2,3)21-13(20)17-7-10-4-5-12(16-6-10)19-9-11(15)8-18-19/h4-6,8-9H,7H2,1-3H3,(H,17,20). The lowest BCUT2D eigenvalue weighted by atomic mass is 10.2. The van der Waals surface area contributed by atoms with Gasteiger partial charge >= 0.3 is 6.09 Å². The van der Waals surface area contributed by atoms with Crippen molar-refractivity contribution < 1.29 is 9.53 Å². The molecule has 0 aliphatic carbocycles. The number of carbonyl (C=O) groups excluding carboxylic acids is 1. The lowest BCUT2D eigenvalue weighted by Crippen LogP contribution is -2.32. The van der Waals surface area contributed by atoms with E-state index in [0.717, 1.165) is 5.56 Å². The van der Waals surface area contributed by atoms with Gasteiger partial charge in [-0.2, -0.15) is 5.10 Å². The summed E-state index contributed by atoms with van der Waals surface area (Å²) in [6.07, 6.45) is 4.43. The maximum absolute atomic E-state index is 11.5. The van der Waals surface area contributed by atoms with Gasteiger partial charge in [0, 0.05) is 12.7 Å². The van der Waals surface area contributed by atoms with Crippen molar-refractivity contribution in [3.05, 3.63) is 41.3 Å². The van der Waals surface area contributed by atoms with Gasteiger partial charge < -0.3 is 10.1 Å². The first-order valence-electron chi connectivity index (χ1n) is 6.46. The topological polar surface area (TPSA) is 69.0 Å². The van der Waals surface area contributed by atoms with E-state index in [-0.39, 0.29) is 0 Å². The Morgan fingerprint density at radius 1 is 1.38 bits per heavy atom. The molecular formula is C14H17ClN4O2. The molecule has 0 aromatic carbocycles. The summed E-state index contributed by atoms with van der Waals surface area (Å²) in [4.78, 5) is 15.8. The first kappa shape index (κ1) is 15.3. The molecule has 0 atom stereocenters. The van der Waals surface area contributed by atoms with E-state index in [9.17, 15) is 4.79 Å². The van der Waals surface area contributed by atoms with Gasteiger partial charge in [0.1, 0.15) is 5.60 Å². The minimum absolute atomic E-state index is 0.349. The molecule has 2 aromatic rings. The average Bonchev–Trinajstić information content (AvgIpc) is 2.82. The van der Waals surface area contributed by atoms with Crippen LogP contribution in [0.2, 0.25) is 5.02 Å². The van der Waals surface area contributed by atoms with Gasteiger partial charge in [-0.15, -0.1) is 0 Å². The van der Waals surface area contributed by atoms with Gasteiger partial charge in [-0.05, 0) is 32.4 Å². The molecule has 21 heavy (non-hydrogen) atoms. The van der Waals surface area contributed by atoms with Crippen molar-refractivity contribution in [1.82, 2.24) is 20.1 Å². The SMILES string of the molecule is CC(C)(C)OC(=O)NCc1ccc(-n2cc(Cl)cn2)nc1.